The second kappa shape index (κ2) is 6.41. The highest BCUT2D eigenvalue weighted by Gasteiger charge is 2.49. The predicted octanol–water partition coefficient (Wildman–Crippen LogP) is 3.36. The Labute approximate surface area is 153 Å². The van der Waals surface area contributed by atoms with E-state index in [1.54, 1.807) is 6.20 Å². The molecule has 2 aliphatic heterocycles. The summed E-state index contributed by atoms with van der Waals surface area (Å²) in [5, 5.41) is 0. The Kier molecular flexibility index (Phi) is 4.08. The van der Waals surface area contributed by atoms with E-state index in [0.717, 1.165) is 43.6 Å². The van der Waals surface area contributed by atoms with E-state index in [0.29, 0.717) is 18.2 Å². The molecule has 4 rings (SSSR count). The number of hydrogen-bond donors (Lipinski definition) is 0. The molecule has 132 valence electrons. The molecular weight excluding hydrogens is 326 g/mol. The summed E-state index contributed by atoms with van der Waals surface area (Å²) in [4.78, 5) is 29.4. The largest absolute Gasteiger partial charge is 0.363 e. The van der Waals surface area contributed by atoms with E-state index >= 15 is 0 Å². The molecule has 0 bridgehead atoms. The van der Waals surface area contributed by atoms with Crippen LogP contribution >= 0.6 is 0 Å². The van der Waals surface area contributed by atoms with E-state index in [-0.39, 0.29) is 5.91 Å². The van der Waals surface area contributed by atoms with E-state index in [1.807, 2.05) is 36.1 Å². The lowest BCUT2D eigenvalue weighted by Gasteiger charge is -2.39. The average molecular weight is 347 g/mol. The van der Waals surface area contributed by atoms with Gasteiger partial charge in [0.05, 0.1) is 11.6 Å². The Balaban J connectivity index is 1.62. The second-order valence-electron chi connectivity index (χ2n) is 7.11. The fourth-order valence-corrected chi connectivity index (χ4v) is 4.23. The average Bonchev–Trinajstić information content (AvgIpc) is 2.98. The minimum absolute atomic E-state index is 0.199. The highest BCUT2D eigenvalue weighted by Crippen LogP contribution is 2.43. The van der Waals surface area contributed by atoms with Crippen molar-refractivity contribution in [3.63, 3.8) is 0 Å². The Hall–Kier alpha value is -2.94. The molecule has 1 amide bonds. The van der Waals surface area contributed by atoms with E-state index < -0.39 is 5.41 Å². The predicted molar refractivity (Wildman–Crippen MR) is 100 cm³/mol. The summed E-state index contributed by atoms with van der Waals surface area (Å²) in [6, 6.07) is 8.04. The number of piperidine rings is 1. The van der Waals surface area contributed by atoms with Gasteiger partial charge >= 0.3 is 5.82 Å². The molecule has 1 unspecified atom stereocenters. The minimum Gasteiger partial charge on any atom is -0.363 e. The van der Waals surface area contributed by atoms with Gasteiger partial charge in [0.2, 0.25) is 5.91 Å². The summed E-state index contributed by atoms with van der Waals surface area (Å²) in [5.74, 6) is 1.11. The summed E-state index contributed by atoms with van der Waals surface area (Å²) >= 11 is 0. The second-order valence-corrected chi connectivity index (χ2v) is 7.11. The number of carbonyl (C=O) groups excluding carboxylic acids is 1. The van der Waals surface area contributed by atoms with Crippen LogP contribution in [-0.2, 0) is 4.79 Å². The van der Waals surface area contributed by atoms with Crippen molar-refractivity contribution in [2.75, 3.05) is 29.4 Å². The van der Waals surface area contributed by atoms with Crippen molar-refractivity contribution in [2.45, 2.75) is 26.2 Å². The lowest BCUT2D eigenvalue weighted by molar-refractivity contribution is -0.126. The van der Waals surface area contributed by atoms with Crippen LogP contribution in [0.25, 0.3) is 4.85 Å². The zero-order valence-electron chi connectivity index (χ0n) is 14.9. The number of para-hydroxylation sites is 1. The molecule has 2 fully saturated rings. The van der Waals surface area contributed by atoms with Gasteiger partial charge < -0.3 is 14.6 Å². The molecule has 26 heavy (non-hydrogen) atoms. The topological polar surface area (TPSA) is 53.7 Å². The number of anilines is 2. The van der Waals surface area contributed by atoms with Crippen LogP contribution in [-0.4, -0.2) is 35.5 Å². The number of hydrogen-bond acceptors (Lipinski definition) is 4. The number of benzene rings is 1. The van der Waals surface area contributed by atoms with E-state index in [2.05, 4.69) is 19.7 Å². The molecule has 1 aromatic heterocycles. The van der Waals surface area contributed by atoms with E-state index in [9.17, 15) is 4.79 Å². The van der Waals surface area contributed by atoms with Gasteiger partial charge in [0, 0.05) is 25.3 Å². The van der Waals surface area contributed by atoms with Crippen LogP contribution in [0, 0.1) is 18.9 Å². The quantitative estimate of drug-likeness (QED) is 0.782. The molecule has 1 atom stereocenters. The van der Waals surface area contributed by atoms with Crippen molar-refractivity contribution in [3.8, 4) is 0 Å². The van der Waals surface area contributed by atoms with Crippen molar-refractivity contribution in [2.24, 2.45) is 5.41 Å². The first-order valence-corrected chi connectivity index (χ1v) is 8.96. The molecular formula is C20H21N5O. The van der Waals surface area contributed by atoms with Gasteiger partial charge in [-0.1, -0.05) is 24.8 Å². The fraction of sp³-hybridized carbons (Fsp3) is 0.400. The van der Waals surface area contributed by atoms with Crippen LogP contribution in [0.15, 0.2) is 36.7 Å². The zero-order chi connectivity index (χ0) is 18.1. The number of nitrogens with zero attached hydrogens (tertiary/aromatic N) is 5. The monoisotopic (exact) mass is 347 g/mol. The molecule has 3 heterocycles. The number of carbonyl (C=O) groups is 1. The molecule has 2 aromatic rings. The lowest BCUT2D eigenvalue weighted by atomic mass is 9.78. The van der Waals surface area contributed by atoms with Crippen molar-refractivity contribution in [3.05, 3.63) is 53.6 Å². The zero-order valence-corrected chi connectivity index (χ0v) is 14.9. The molecule has 1 aromatic carbocycles. The van der Waals surface area contributed by atoms with Gasteiger partial charge in [0.1, 0.15) is 6.20 Å². The summed E-state index contributed by atoms with van der Waals surface area (Å²) in [6.45, 7) is 11.5. The SMILES string of the molecule is [C-]#[N+]c1nccnc1N1CCCC2(CCN(c3ccccc3C)C2=O)C1. The van der Waals surface area contributed by atoms with Crippen LogP contribution in [0.3, 0.4) is 0 Å². The molecule has 6 nitrogen and oxygen atoms in total. The standard InChI is InChI=1S/C20H21N5O/c1-15-6-3-4-7-16(15)25-13-9-20(19(25)26)8-5-12-24(14-20)18-17(21-2)22-10-11-23-18/h3-4,6-7,10-11H,5,8-9,12-14H2,1H3. The molecule has 0 saturated carbocycles. The van der Waals surface area contributed by atoms with Gasteiger partial charge in [0.25, 0.3) is 0 Å². The smallest absolute Gasteiger partial charge is 0.312 e. The molecule has 0 N–H and O–H groups in total. The first-order valence-electron chi connectivity index (χ1n) is 8.96. The summed E-state index contributed by atoms with van der Waals surface area (Å²) in [5.41, 5.74) is 1.74. The Bertz CT molecular complexity index is 890. The van der Waals surface area contributed by atoms with Crippen LogP contribution in [0.1, 0.15) is 24.8 Å². The van der Waals surface area contributed by atoms with Gasteiger partial charge in [-0.3, -0.25) is 4.79 Å². The van der Waals surface area contributed by atoms with Gasteiger partial charge in [-0.05, 0) is 37.8 Å². The van der Waals surface area contributed by atoms with E-state index in [4.69, 9.17) is 6.57 Å². The first kappa shape index (κ1) is 16.5. The Morgan fingerprint density at radius 2 is 1.96 bits per heavy atom. The number of aryl methyl sites for hydroxylation is 1. The van der Waals surface area contributed by atoms with Crippen molar-refractivity contribution in [1.82, 2.24) is 9.97 Å². The van der Waals surface area contributed by atoms with Crippen LogP contribution in [0.5, 0.6) is 0 Å². The Morgan fingerprint density at radius 3 is 2.77 bits per heavy atom. The first-order chi connectivity index (χ1) is 12.6. The maximum atomic E-state index is 13.4. The van der Waals surface area contributed by atoms with Crippen molar-refractivity contribution >= 4 is 23.2 Å². The third kappa shape index (κ3) is 2.60. The third-order valence-electron chi connectivity index (χ3n) is 5.56. The highest BCUT2D eigenvalue weighted by atomic mass is 16.2. The van der Waals surface area contributed by atoms with Crippen molar-refractivity contribution in [1.29, 1.82) is 0 Å². The minimum atomic E-state index is -0.392. The summed E-state index contributed by atoms with van der Waals surface area (Å²) in [6.07, 6.45) is 5.79. The fourth-order valence-electron chi connectivity index (χ4n) is 4.23. The number of amides is 1. The number of rotatable bonds is 2. The molecule has 6 heteroatoms. The molecule has 2 saturated heterocycles. The van der Waals surface area contributed by atoms with Gasteiger partial charge in [-0.2, -0.15) is 0 Å². The molecule has 1 spiro atoms. The molecule has 0 radical (unpaired) electrons. The number of aromatic nitrogens is 2. The third-order valence-corrected chi connectivity index (χ3v) is 5.56. The van der Waals surface area contributed by atoms with Crippen LogP contribution < -0.4 is 9.80 Å². The van der Waals surface area contributed by atoms with Gasteiger partial charge in [-0.25, -0.2) is 4.98 Å². The van der Waals surface area contributed by atoms with Gasteiger partial charge in [0.15, 0.2) is 5.82 Å². The summed E-state index contributed by atoms with van der Waals surface area (Å²) < 4.78 is 0. The highest BCUT2D eigenvalue weighted by molar-refractivity contribution is 6.01. The lowest BCUT2D eigenvalue weighted by Crippen LogP contribution is -2.48. The van der Waals surface area contributed by atoms with E-state index in [1.165, 1.54) is 6.20 Å². The maximum absolute atomic E-state index is 13.4. The molecule has 0 aliphatic carbocycles. The molecule has 2 aliphatic rings. The van der Waals surface area contributed by atoms with Crippen molar-refractivity contribution < 1.29 is 4.79 Å². The summed E-state index contributed by atoms with van der Waals surface area (Å²) in [7, 11) is 0. The van der Waals surface area contributed by atoms with Gasteiger partial charge in [-0.15, -0.1) is 4.98 Å². The van der Waals surface area contributed by atoms with Crippen LogP contribution in [0.2, 0.25) is 0 Å². The Morgan fingerprint density at radius 1 is 1.15 bits per heavy atom. The maximum Gasteiger partial charge on any atom is 0.312 e. The van der Waals surface area contributed by atoms with Crippen LogP contribution in [0.4, 0.5) is 17.3 Å². The normalized spacial score (nSPS) is 22.7.